The van der Waals surface area contributed by atoms with Gasteiger partial charge in [-0.15, -0.1) is 0 Å². The van der Waals surface area contributed by atoms with Crippen molar-refractivity contribution in [3.05, 3.63) is 71.3 Å². The lowest BCUT2D eigenvalue weighted by Crippen LogP contribution is -2.38. The molecule has 0 saturated heterocycles. The van der Waals surface area contributed by atoms with Crippen molar-refractivity contribution in [2.45, 2.75) is 103 Å². The second-order valence-corrected chi connectivity index (χ2v) is 10.7. The van der Waals surface area contributed by atoms with Crippen LogP contribution < -0.4 is 0 Å². The Labute approximate surface area is 225 Å². The number of nitrogens with zero attached hydrogens (tertiary/aromatic N) is 2. The number of carbonyl (C=O) groups is 2. The van der Waals surface area contributed by atoms with Gasteiger partial charge >= 0.3 is 0 Å². The van der Waals surface area contributed by atoms with Crippen LogP contribution in [0.2, 0.25) is 0 Å². The van der Waals surface area contributed by atoms with Crippen LogP contribution in [-0.4, -0.2) is 41.2 Å². The van der Waals surface area contributed by atoms with Gasteiger partial charge in [0.15, 0.2) is 0 Å². The van der Waals surface area contributed by atoms with Crippen molar-refractivity contribution in [1.29, 1.82) is 0 Å². The van der Waals surface area contributed by atoms with Crippen LogP contribution in [0.15, 0.2) is 54.6 Å². The normalized spacial score (nSPS) is 13.1. The summed E-state index contributed by atoms with van der Waals surface area (Å²) in [6, 6.07) is 17.7. The zero-order valence-corrected chi connectivity index (χ0v) is 23.1. The monoisotopic (exact) mass is 504 g/mol. The summed E-state index contributed by atoms with van der Waals surface area (Å²) in [5.74, 6) is -0.312. The molecule has 4 heteroatoms. The highest BCUT2D eigenvalue weighted by Gasteiger charge is 2.34. The van der Waals surface area contributed by atoms with E-state index in [1.807, 2.05) is 18.2 Å². The number of hydrogen-bond acceptors (Lipinski definition) is 3. The summed E-state index contributed by atoms with van der Waals surface area (Å²) >= 11 is 0. The highest BCUT2D eigenvalue weighted by atomic mass is 16.2. The zero-order valence-electron chi connectivity index (χ0n) is 23.1. The van der Waals surface area contributed by atoms with Gasteiger partial charge in [0.2, 0.25) is 0 Å². The first-order chi connectivity index (χ1) is 18.2. The van der Waals surface area contributed by atoms with E-state index >= 15 is 0 Å². The second-order valence-electron chi connectivity index (χ2n) is 10.7. The molecule has 0 fully saturated rings. The lowest BCUT2D eigenvalue weighted by atomic mass is 10.0. The first-order valence-corrected chi connectivity index (χ1v) is 14.9. The largest absolute Gasteiger partial charge is 0.297 e. The van der Waals surface area contributed by atoms with Crippen LogP contribution in [0.25, 0.3) is 0 Å². The average Bonchev–Trinajstić information content (AvgIpc) is 3.17. The van der Waals surface area contributed by atoms with Gasteiger partial charge in [-0.25, -0.2) is 0 Å². The third-order valence-corrected chi connectivity index (χ3v) is 7.59. The Bertz CT molecular complexity index is 892. The molecular formula is C33H48N2O2. The molecule has 2 aromatic carbocycles. The summed E-state index contributed by atoms with van der Waals surface area (Å²) in [5, 5.41) is 0. The van der Waals surface area contributed by atoms with Crippen LogP contribution in [-0.2, 0) is 6.54 Å². The smallest absolute Gasteiger partial charge is 0.261 e. The summed E-state index contributed by atoms with van der Waals surface area (Å²) in [7, 11) is 0. The number of benzene rings is 2. The number of imide groups is 1. The molecular weight excluding hydrogens is 456 g/mol. The van der Waals surface area contributed by atoms with Crippen molar-refractivity contribution < 1.29 is 9.59 Å². The Morgan fingerprint density at radius 2 is 1.03 bits per heavy atom. The third-order valence-electron chi connectivity index (χ3n) is 7.59. The molecule has 0 N–H and O–H groups in total. The first kappa shape index (κ1) is 29.1. The molecule has 1 aliphatic heterocycles. The van der Waals surface area contributed by atoms with Crippen molar-refractivity contribution in [2.75, 3.05) is 19.6 Å². The zero-order chi connectivity index (χ0) is 26.1. The van der Waals surface area contributed by atoms with E-state index in [0.29, 0.717) is 24.2 Å². The molecule has 0 atom stereocenters. The molecule has 1 aliphatic rings. The molecule has 37 heavy (non-hydrogen) atoms. The molecule has 0 bridgehead atoms. The maximum absolute atomic E-state index is 12.8. The summed E-state index contributed by atoms with van der Waals surface area (Å²) in [6.45, 7) is 5.27. The highest BCUT2D eigenvalue weighted by molar-refractivity contribution is 6.21. The molecule has 0 spiro atoms. The van der Waals surface area contributed by atoms with Gasteiger partial charge in [0.1, 0.15) is 0 Å². The summed E-state index contributed by atoms with van der Waals surface area (Å²) in [6.07, 6.45) is 19.0. The minimum Gasteiger partial charge on any atom is -0.297 e. The molecule has 2 amide bonds. The van der Waals surface area contributed by atoms with Crippen molar-refractivity contribution in [2.24, 2.45) is 0 Å². The van der Waals surface area contributed by atoms with Gasteiger partial charge in [0, 0.05) is 19.6 Å². The van der Waals surface area contributed by atoms with Crippen molar-refractivity contribution in [3.8, 4) is 0 Å². The van der Waals surface area contributed by atoms with Gasteiger partial charge in [0.25, 0.3) is 11.8 Å². The number of rotatable bonds is 20. The molecule has 4 nitrogen and oxygen atoms in total. The van der Waals surface area contributed by atoms with E-state index in [2.05, 4.69) is 36.1 Å². The van der Waals surface area contributed by atoms with E-state index in [0.717, 1.165) is 19.5 Å². The fourth-order valence-electron chi connectivity index (χ4n) is 5.33. The van der Waals surface area contributed by atoms with E-state index < -0.39 is 0 Å². The predicted molar refractivity (Wildman–Crippen MR) is 154 cm³/mol. The Morgan fingerprint density at radius 1 is 0.568 bits per heavy atom. The van der Waals surface area contributed by atoms with Crippen LogP contribution >= 0.6 is 0 Å². The standard InChI is InChI=1S/C33H48N2O2/c1-2-3-4-5-6-7-8-9-10-11-12-13-14-20-25-34(28-29-21-16-15-17-22-29)26-27-35-32(36)30-23-18-19-24-31(30)33(35)37/h15-19,21-24H,2-14,20,25-28H2,1H3. The van der Waals surface area contributed by atoms with Gasteiger partial charge in [-0.3, -0.25) is 19.4 Å². The Hall–Kier alpha value is -2.46. The molecule has 0 aliphatic carbocycles. The third kappa shape index (κ3) is 10.1. The number of fused-ring (bicyclic) bond motifs is 1. The van der Waals surface area contributed by atoms with E-state index in [-0.39, 0.29) is 11.8 Å². The van der Waals surface area contributed by atoms with E-state index in [1.54, 1.807) is 12.1 Å². The van der Waals surface area contributed by atoms with E-state index in [4.69, 9.17) is 0 Å². The Morgan fingerprint density at radius 3 is 1.54 bits per heavy atom. The molecule has 3 rings (SSSR count). The Kier molecular flexibility index (Phi) is 13.5. The van der Waals surface area contributed by atoms with Crippen molar-refractivity contribution in [3.63, 3.8) is 0 Å². The predicted octanol–water partition coefficient (Wildman–Crippen LogP) is 8.27. The molecule has 202 valence electrons. The summed E-state index contributed by atoms with van der Waals surface area (Å²) < 4.78 is 0. The number of amides is 2. The SMILES string of the molecule is CCCCCCCCCCCCCCCCN(CCN1C(=O)c2ccccc2C1=O)Cc1ccccc1. The minimum atomic E-state index is -0.156. The van der Waals surface area contributed by atoms with Gasteiger partial charge in [0.05, 0.1) is 11.1 Å². The summed E-state index contributed by atoms with van der Waals surface area (Å²) in [4.78, 5) is 29.3. The van der Waals surface area contributed by atoms with Gasteiger partial charge in [-0.05, 0) is 30.7 Å². The number of unbranched alkanes of at least 4 members (excludes halogenated alkanes) is 13. The minimum absolute atomic E-state index is 0.156. The van der Waals surface area contributed by atoms with Gasteiger partial charge in [-0.2, -0.15) is 0 Å². The van der Waals surface area contributed by atoms with Gasteiger partial charge in [-0.1, -0.05) is 133 Å². The lowest BCUT2D eigenvalue weighted by Gasteiger charge is -2.25. The molecule has 0 aromatic heterocycles. The molecule has 0 radical (unpaired) electrons. The van der Waals surface area contributed by atoms with E-state index in [9.17, 15) is 9.59 Å². The lowest BCUT2D eigenvalue weighted by molar-refractivity contribution is 0.0634. The fraction of sp³-hybridized carbons (Fsp3) is 0.576. The van der Waals surface area contributed by atoms with Crippen LogP contribution in [0.1, 0.15) is 123 Å². The summed E-state index contributed by atoms with van der Waals surface area (Å²) in [5.41, 5.74) is 2.35. The molecule has 1 heterocycles. The van der Waals surface area contributed by atoms with Crippen LogP contribution in [0.4, 0.5) is 0 Å². The number of carbonyl (C=O) groups excluding carboxylic acids is 2. The number of hydrogen-bond donors (Lipinski definition) is 0. The van der Waals surface area contributed by atoms with Crippen LogP contribution in [0.5, 0.6) is 0 Å². The highest BCUT2D eigenvalue weighted by Crippen LogP contribution is 2.22. The quantitative estimate of drug-likeness (QED) is 0.135. The fourth-order valence-corrected chi connectivity index (χ4v) is 5.33. The van der Waals surface area contributed by atoms with E-state index in [1.165, 1.54) is 93.9 Å². The van der Waals surface area contributed by atoms with Crippen molar-refractivity contribution >= 4 is 11.8 Å². The average molecular weight is 505 g/mol. The van der Waals surface area contributed by atoms with Gasteiger partial charge < -0.3 is 0 Å². The molecule has 2 aromatic rings. The second kappa shape index (κ2) is 17.1. The maximum atomic E-state index is 12.8. The molecule has 0 saturated carbocycles. The molecule has 0 unspecified atom stereocenters. The topological polar surface area (TPSA) is 40.6 Å². The van der Waals surface area contributed by atoms with Crippen LogP contribution in [0, 0.1) is 0 Å². The van der Waals surface area contributed by atoms with Crippen molar-refractivity contribution in [1.82, 2.24) is 9.80 Å². The maximum Gasteiger partial charge on any atom is 0.261 e. The first-order valence-electron chi connectivity index (χ1n) is 14.9. The Balaban J connectivity index is 1.32. The van der Waals surface area contributed by atoms with Crippen LogP contribution in [0.3, 0.4) is 0 Å².